The monoisotopic (exact) mass is 494 g/mol. The first-order chi connectivity index (χ1) is 16.7. The van der Waals surface area contributed by atoms with Gasteiger partial charge in [-0.3, -0.25) is 9.78 Å². The lowest BCUT2D eigenvalue weighted by atomic mass is 9.79. The van der Waals surface area contributed by atoms with Gasteiger partial charge in [-0.15, -0.1) is 0 Å². The molecule has 4 aromatic rings. The number of amides is 1. The number of hydrogen-bond donors (Lipinski definition) is 1. The average molecular weight is 495 g/mol. The van der Waals surface area contributed by atoms with E-state index in [1.54, 1.807) is 48.7 Å². The maximum Gasteiger partial charge on any atom is 0.416 e. The standard InChI is InChI=1S/C28H22ClF3N2O/c1-19-13-14-23(24(29)16-19)26(35)34-27(25-12-5-6-15-33-25,18-20-8-3-2-4-9-20)21-10-7-11-22(17-21)28(30,31)32/h2-17H,18H2,1H3,(H,34,35). The van der Waals surface area contributed by atoms with Gasteiger partial charge in [0.15, 0.2) is 0 Å². The minimum atomic E-state index is -4.55. The number of halogens is 4. The van der Waals surface area contributed by atoms with E-state index in [9.17, 15) is 18.0 Å². The summed E-state index contributed by atoms with van der Waals surface area (Å²) in [6.45, 7) is 1.85. The van der Waals surface area contributed by atoms with Crippen molar-refractivity contribution in [3.8, 4) is 0 Å². The average Bonchev–Trinajstić information content (AvgIpc) is 2.84. The van der Waals surface area contributed by atoms with Crippen LogP contribution in [0.25, 0.3) is 0 Å². The Balaban J connectivity index is 1.94. The van der Waals surface area contributed by atoms with E-state index in [2.05, 4.69) is 10.3 Å². The largest absolute Gasteiger partial charge is 0.416 e. The van der Waals surface area contributed by atoms with Crippen LogP contribution in [0, 0.1) is 6.92 Å². The molecule has 1 amide bonds. The smallest absolute Gasteiger partial charge is 0.336 e. The van der Waals surface area contributed by atoms with Gasteiger partial charge in [0.1, 0.15) is 5.54 Å². The van der Waals surface area contributed by atoms with Crippen molar-refractivity contribution in [3.05, 3.63) is 136 Å². The second-order valence-electron chi connectivity index (χ2n) is 8.30. The summed E-state index contributed by atoms with van der Waals surface area (Å²) in [7, 11) is 0. The fourth-order valence-electron chi connectivity index (χ4n) is 4.06. The van der Waals surface area contributed by atoms with Crippen LogP contribution < -0.4 is 5.32 Å². The second kappa shape index (κ2) is 9.92. The molecule has 0 aliphatic carbocycles. The van der Waals surface area contributed by atoms with E-state index in [1.165, 1.54) is 6.07 Å². The summed E-state index contributed by atoms with van der Waals surface area (Å²) >= 11 is 6.37. The summed E-state index contributed by atoms with van der Waals surface area (Å²) in [5.41, 5.74) is 0.347. The number of rotatable bonds is 6. The summed E-state index contributed by atoms with van der Waals surface area (Å²) in [5.74, 6) is -0.519. The van der Waals surface area contributed by atoms with Gasteiger partial charge in [0.05, 0.1) is 21.8 Å². The predicted octanol–water partition coefficient (Wildman–Crippen LogP) is 6.98. The van der Waals surface area contributed by atoms with Crippen molar-refractivity contribution in [1.29, 1.82) is 0 Å². The topological polar surface area (TPSA) is 42.0 Å². The van der Waals surface area contributed by atoms with Gasteiger partial charge in [-0.2, -0.15) is 13.2 Å². The Morgan fingerprint density at radius 2 is 1.60 bits per heavy atom. The first-order valence-corrected chi connectivity index (χ1v) is 11.3. The molecule has 3 aromatic carbocycles. The number of carbonyl (C=O) groups is 1. The van der Waals surface area contributed by atoms with Crippen LogP contribution in [0.4, 0.5) is 13.2 Å². The molecule has 1 heterocycles. The Morgan fingerprint density at radius 3 is 2.26 bits per heavy atom. The number of hydrogen-bond acceptors (Lipinski definition) is 2. The third-order valence-electron chi connectivity index (χ3n) is 5.79. The first-order valence-electron chi connectivity index (χ1n) is 10.9. The number of aryl methyl sites for hydroxylation is 1. The van der Waals surface area contributed by atoms with Crippen LogP contribution in [0.15, 0.2) is 97.2 Å². The Bertz CT molecular complexity index is 1330. The molecule has 0 aliphatic heterocycles. The van der Waals surface area contributed by atoms with Crippen LogP contribution in [-0.4, -0.2) is 10.9 Å². The highest BCUT2D eigenvalue weighted by Crippen LogP contribution is 2.37. The maximum absolute atomic E-state index is 13.7. The predicted molar refractivity (Wildman–Crippen MR) is 130 cm³/mol. The molecule has 3 nitrogen and oxygen atoms in total. The van der Waals surface area contributed by atoms with Gasteiger partial charge in [-0.05, 0) is 60.0 Å². The normalized spacial score (nSPS) is 13.2. The maximum atomic E-state index is 13.7. The van der Waals surface area contributed by atoms with Gasteiger partial charge in [-0.1, -0.05) is 66.2 Å². The van der Waals surface area contributed by atoms with Crippen LogP contribution in [0.2, 0.25) is 5.02 Å². The molecular formula is C28H22ClF3N2O. The first kappa shape index (κ1) is 24.5. The Kier molecular flexibility index (Phi) is 6.94. The third-order valence-corrected chi connectivity index (χ3v) is 6.11. The van der Waals surface area contributed by atoms with Gasteiger partial charge in [0.2, 0.25) is 0 Å². The molecule has 1 unspecified atom stereocenters. The molecule has 1 N–H and O–H groups in total. The lowest BCUT2D eigenvalue weighted by Crippen LogP contribution is -2.49. The van der Waals surface area contributed by atoms with Gasteiger partial charge in [0, 0.05) is 12.6 Å². The molecule has 4 rings (SSSR count). The fourth-order valence-corrected chi connectivity index (χ4v) is 4.39. The minimum Gasteiger partial charge on any atom is -0.336 e. The van der Waals surface area contributed by atoms with Crippen LogP contribution in [0.5, 0.6) is 0 Å². The molecule has 0 spiro atoms. The second-order valence-corrected chi connectivity index (χ2v) is 8.71. The summed E-state index contributed by atoms with van der Waals surface area (Å²) in [6.07, 6.45) is -2.84. The number of alkyl halides is 3. The number of carbonyl (C=O) groups excluding carboxylic acids is 1. The zero-order valence-electron chi connectivity index (χ0n) is 18.8. The molecular weight excluding hydrogens is 473 g/mol. The van der Waals surface area contributed by atoms with Crippen molar-refractivity contribution in [2.75, 3.05) is 0 Å². The van der Waals surface area contributed by atoms with Gasteiger partial charge < -0.3 is 5.32 Å². The summed E-state index contributed by atoms with van der Waals surface area (Å²) in [6, 6.07) is 24.4. The molecule has 35 heavy (non-hydrogen) atoms. The number of nitrogens with one attached hydrogen (secondary N) is 1. The number of benzene rings is 3. The molecule has 0 bridgehead atoms. The third kappa shape index (κ3) is 5.38. The van der Waals surface area contributed by atoms with Crippen LogP contribution in [-0.2, 0) is 18.1 Å². The molecule has 178 valence electrons. The number of aromatic nitrogens is 1. The Morgan fingerprint density at radius 1 is 0.886 bits per heavy atom. The summed E-state index contributed by atoms with van der Waals surface area (Å²) in [5, 5.41) is 3.26. The molecule has 7 heteroatoms. The molecule has 1 atom stereocenters. The van der Waals surface area contributed by atoms with Crippen molar-refractivity contribution in [2.24, 2.45) is 0 Å². The fraction of sp³-hybridized carbons (Fsp3) is 0.143. The van der Waals surface area contributed by atoms with Crippen LogP contribution in [0.3, 0.4) is 0 Å². The van der Waals surface area contributed by atoms with E-state index in [0.717, 1.165) is 23.3 Å². The summed E-state index contributed by atoms with van der Waals surface area (Å²) < 4.78 is 41.0. The molecule has 0 aliphatic rings. The zero-order valence-corrected chi connectivity index (χ0v) is 19.6. The van der Waals surface area contributed by atoms with Gasteiger partial charge in [0.25, 0.3) is 5.91 Å². The number of pyridine rings is 1. The van der Waals surface area contributed by atoms with E-state index in [4.69, 9.17) is 11.6 Å². The molecule has 1 aromatic heterocycles. The lowest BCUT2D eigenvalue weighted by Gasteiger charge is -2.36. The van der Waals surface area contributed by atoms with Crippen molar-refractivity contribution < 1.29 is 18.0 Å². The lowest BCUT2D eigenvalue weighted by molar-refractivity contribution is -0.137. The van der Waals surface area contributed by atoms with E-state index in [-0.39, 0.29) is 22.6 Å². The van der Waals surface area contributed by atoms with Crippen molar-refractivity contribution >= 4 is 17.5 Å². The molecule has 0 radical (unpaired) electrons. The highest BCUT2D eigenvalue weighted by Gasteiger charge is 2.40. The van der Waals surface area contributed by atoms with Crippen LogP contribution >= 0.6 is 11.6 Å². The minimum absolute atomic E-state index is 0.168. The van der Waals surface area contributed by atoms with Crippen molar-refractivity contribution in [2.45, 2.75) is 25.1 Å². The molecule has 0 saturated carbocycles. The van der Waals surface area contributed by atoms with Crippen LogP contribution in [0.1, 0.15) is 38.3 Å². The van der Waals surface area contributed by atoms with E-state index < -0.39 is 23.2 Å². The summed E-state index contributed by atoms with van der Waals surface area (Å²) in [4.78, 5) is 18.0. The SMILES string of the molecule is Cc1ccc(C(=O)NC(Cc2ccccc2)(c2cccc(C(F)(F)F)c2)c2ccccn2)c(Cl)c1. The van der Waals surface area contributed by atoms with Crippen molar-refractivity contribution in [1.82, 2.24) is 10.3 Å². The van der Waals surface area contributed by atoms with Gasteiger partial charge >= 0.3 is 6.18 Å². The van der Waals surface area contributed by atoms with E-state index >= 15 is 0 Å². The molecule has 0 fully saturated rings. The zero-order chi connectivity index (χ0) is 25.1. The van der Waals surface area contributed by atoms with Crippen molar-refractivity contribution in [3.63, 3.8) is 0 Å². The quantitative estimate of drug-likeness (QED) is 0.314. The number of nitrogens with zero attached hydrogens (tertiary/aromatic N) is 1. The van der Waals surface area contributed by atoms with E-state index in [0.29, 0.717) is 5.69 Å². The highest BCUT2D eigenvalue weighted by atomic mass is 35.5. The Hall–Kier alpha value is -3.64. The molecule has 0 saturated heterocycles. The Labute approximate surface area is 206 Å². The highest BCUT2D eigenvalue weighted by molar-refractivity contribution is 6.33. The van der Waals surface area contributed by atoms with Gasteiger partial charge in [-0.25, -0.2) is 0 Å². The van der Waals surface area contributed by atoms with E-state index in [1.807, 2.05) is 37.3 Å².